The second-order valence-corrected chi connectivity index (χ2v) is 8.08. The number of carbonyl (C=O) groups excluding carboxylic acids is 1. The van der Waals surface area contributed by atoms with E-state index >= 15 is 0 Å². The number of rotatable bonds is 5. The molecule has 3 rings (SSSR count). The first-order valence-corrected chi connectivity index (χ1v) is 9.96. The summed E-state index contributed by atoms with van der Waals surface area (Å²) in [5, 5.41) is 3.29. The summed E-state index contributed by atoms with van der Waals surface area (Å²) < 4.78 is 27.4. The minimum Gasteiger partial charge on any atom is -0.322 e. The summed E-state index contributed by atoms with van der Waals surface area (Å²) in [5.41, 5.74) is 2.53. The van der Waals surface area contributed by atoms with Crippen LogP contribution in [0.4, 0.5) is 11.4 Å². The zero-order valence-corrected chi connectivity index (χ0v) is 16.0. The van der Waals surface area contributed by atoms with Crippen molar-refractivity contribution < 1.29 is 13.2 Å². The molecule has 5 nitrogen and oxygen atoms in total. The molecule has 0 fully saturated rings. The number of carbonyl (C=O) groups is 1. The van der Waals surface area contributed by atoms with Gasteiger partial charge in [-0.2, -0.15) is 0 Å². The van der Waals surface area contributed by atoms with Crippen LogP contribution >= 0.6 is 11.6 Å². The summed E-state index contributed by atoms with van der Waals surface area (Å²) in [5.74, 6) is -0.312. The third-order valence-corrected chi connectivity index (χ3v) is 5.48. The second kappa shape index (κ2) is 7.82. The molecule has 1 amide bonds. The summed E-state index contributed by atoms with van der Waals surface area (Å²) in [6.07, 6.45) is 0. The number of hydrogen-bond acceptors (Lipinski definition) is 3. The van der Waals surface area contributed by atoms with Crippen molar-refractivity contribution in [3.8, 4) is 0 Å². The zero-order chi connectivity index (χ0) is 19.4. The first-order valence-electron chi connectivity index (χ1n) is 8.10. The molecule has 0 radical (unpaired) electrons. The lowest BCUT2D eigenvalue weighted by molar-refractivity contribution is 0.102. The lowest BCUT2D eigenvalue weighted by atomic mass is 10.2. The Hall–Kier alpha value is -2.83. The van der Waals surface area contributed by atoms with E-state index in [0.717, 1.165) is 5.56 Å². The van der Waals surface area contributed by atoms with Crippen molar-refractivity contribution in [2.24, 2.45) is 0 Å². The van der Waals surface area contributed by atoms with E-state index in [4.69, 9.17) is 11.6 Å². The van der Waals surface area contributed by atoms with E-state index in [2.05, 4.69) is 10.0 Å². The maximum Gasteiger partial charge on any atom is 0.261 e. The van der Waals surface area contributed by atoms with E-state index in [0.29, 0.717) is 22.0 Å². The van der Waals surface area contributed by atoms with E-state index in [9.17, 15) is 13.2 Å². The van der Waals surface area contributed by atoms with Crippen LogP contribution in [0.3, 0.4) is 0 Å². The van der Waals surface area contributed by atoms with Crippen LogP contribution in [-0.4, -0.2) is 14.3 Å². The van der Waals surface area contributed by atoms with Gasteiger partial charge >= 0.3 is 0 Å². The summed E-state index contributed by atoms with van der Waals surface area (Å²) in [6, 6.07) is 19.5. The molecule has 0 aliphatic heterocycles. The molecule has 0 saturated heterocycles. The van der Waals surface area contributed by atoms with E-state index in [-0.39, 0.29) is 10.8 Å². The van der Waals surface area contributed by atoms with Gasteiger partial charge in [0.2, 0.25) is 0 Å². The van der Waals surface area contributed by atoms with Crippen LogP contribution < -0.4 is 10.0 Å². The highest BCUT2D eigenvalue weighted by Gasteiger charge is 2.15. The van der Waals surface area contributed by atoms with Crippen molar-refractivity contribution in [3.63, 3.8) is 0 Å². The van der Waals surface area contributed by atoms with Crippen molar-refractivity contribution in [1.82, 2.24) is 0 Å². The molecule has 0 aromatic heterocycles. The minimum atomic E-state index is -3.76. The third-order valence-electron chi connectivity index (χ3n) is 3.83. The van der Waals surface area contributed by atoms with Crippen molar-refractivity contribution in [3.05, 3.63) is 88.9 Å². The number of sulfonamides is 1. The van der Waals surface area contributed by atoms with Crippen LogP contribution in [0, 0.1) is 6.92 Å². The van der Waals surface area contributed by atoms with Crippen LogP contribution in [0.1, 0.15) is 15.9 Å². The molecule has 27 heavy (non-hydrogen) atoms. The predicted molar refractivity (Wildman–Crippen MR) is 108 cm³/mol. The van der Waals surface area contributed by atoms with Crippen LogP contribution in [-0.2, 0) is 10.0 Å². The monoisotopic (exact) mass is 400 g/mol. The van der Waals surface area contributed by atoms with Crippen LogP contribution in [0.25, 0.3) is 0 Å². The quantitative estimate of drug-likeness (QED) is 0.651. The van der Waals surface area contributed by atoms with Crippen LogP contribution in [0.5, 0.6) is 0 Å². The number of amides is 1. The summed E-state index contributed by atoms with van der Waals surface area (Å²) in [7, 11) is -3.76. The average Bonchev–Trinajstić information content (AvgIpc) is 2.65. The van der Waals surface area contributed by atoms with Gasteiger partial charge in [-0.15, -0.1) is 0 Å². The van der Waals surface area contributed by atoms with Crippen LogP contribution in [0.2, 0.25) is 5.02 Å². The molecule has 0 aliphatic rings. The second-order valence-electron chi connectivity index (χ2n) is 5.96. The molecular formula is C20H17ClN2O3S. The SMILES string of the molecule is Cc1ccc(NC(=O)c2ccc(S(=O)(=O)Nc3ccc(Cl)cc3)cc2)cc1. The molecule has 7 heteroatoms. The standard InChI is InChI=1S/C20H17ClN2O3S/c1-14-2-8-17(9-3-14)22-20(24)15-4-12-19(13-5-15)27(25,26)23-18-10-6-16(21)7-11-18/h2-13,23H,1H3,(H,22,24). The predicted octanol–water partition coefficient (Wildman–Crippen LogP) is 4.70. The largest absolute Gasteiger partial charge is 0.322 e. The highest BCUT2D eigenvalue weighted by atomic mass is 35.5. The van der Waals surface area contributed by atoms with Crippen molar-refractivity contribution >= 4 is 38.9 Å². The van der Waals surface area contributed by atoms with Crippen molar-refractivity contribution in [2.45, 2.75) is 11.8 Å². The number of aryl methyl sites for hydroxylation is 1. The molecule has 0 bridgehead atoms. The Bertz CT molecular complexity index is 1050. The lowest BCUT2D eigenvalue weighted by Gasteiger charge is -2.09. The Morgan fingerprint density at radius 3 is 1.96 bits per heavy atom. The van der Waals surface area contributed by atoms with Crippen molar-refractivity contribution in [2.75, 3.05) is 10.0 Å². The fraction of sp³-hybridized carbons (Fsp3) is 0.0500. The molecule has 0 spiro atoms. The molecule has 0 atom stereocenters. The molecule has 2 N–H and O–H groups in total. The number of benzene rings is 3. The lowest BCUT2D eigenvalue weighted by Crippen LogP contribution is -2.14. The normalized spacial score (nSPS) is 11.0. The number of anilines is 2. The van der Waals surface area contributed by atoms with Gasteiger partial charge in [-0.1, -0.05) is 29.3 Å². The molecule has 3 aromatic carbocycles. The van der Waals surface area contributed by atoms with Crippen molar-refractivity contribution in [1.29, 1.82) is 0 Å². The van der Waals surface area contributed by atoms with Gasteiger partial charge in [0.05, 0.1) is 4.90 Å². The molecule has 0 unspecified atom stereocenters. The average molecular weight is 401 g/mol. The first kappa shape index (κ1) is 18.9. The smallest absolute Gasteiger partial charge is 0.261 e. The molecule has 0 saturated carbocycles. The summed E-state index contributed by atoms with van der Waals surface area (Å²) in [6.45, 7) is 1.96. The fourth-order valence-electron chi connectivity index (χ4n) is 2.36. The van der Waals surface area contributed by atoms with Gasteiger partial charge in [0.25, 0.3) is 15.9 Å². The Morgan fingerprint density at radius 1 is 0.815 bits per heavy atom. The van der Waals surface area contributed by atoms with Gasteiger partial charge in [-0.05, 0) is 67.6 Å². The van der Waals surface area contributed by atoms with E-state index < -0.39 is 10.0 Å². The highest BCUT2D eigenvalue weighted by molar-refractivity contribution is 7.92. The molecule has 3 aromatic rings. The maximum absolute atomic E-state index is 12.4. The number of hydrogen-bond donors (Lipinski definition) is 2. The van der Waals surface area contributed by atoms with Crippen LogP contribution in [0.15, 0.2) is 77.7 Å². The third kappa shape index (κ3) is 4.87. The Balaban J connectivity index is 1.72. The summed E-state index contributed by atoms with van der Waals surface area (Å²) in [4.78, 5) is 12.4. The Labute approximate surface area is 163 Å². The molecule has 0 aliphatic carbocycles. The topological polar surface area (TPSA) is 75.3 Å². The van der Waals surface area contributed by atoms with Gasteiger partial charge in [-0.25, -0.2) is 8.42 Å². The van der Waals surface area contributed by atoms with E-state index in [1.165, 1.54) is 24.3 Å². The van der Waals surface area contributed by atoms with Gasteiger partial charge in [0.15, 0.2) is 0 Å². The molecule has 138 valence electrons. The zero-order valence-electron chi connectivity index (χ0n) is 14.4. The maximum atomic E-state index is 12.4. The minimum absolute atomic E-state index is 0.0596. The Kier molecular flexibility index (Phi) is 5.48. The fourth-order valence-corrected chi connectivity index (χ4v) is 3.54. The van der Waals surface area contributed by atoms with Gasteiger partial charge in [0.1, 0.15) is 0 Å². The Morgan fingerprint density at radius 2 is 1.37 bits per heavy atom. The molecule has 0 heterocycles. The highest BCUT2D eigenvalue weighted by Crippen LogP contribution is 2.19. The number of nitrogens with one attached hydrogen (secondary N) is 2. The number of halogens is 1. The van der Waals surface area contributed by atoms with Gasteiger partial charge in [-0.3, -0.25) is 9.52 Å². The van der Waals surface area contributed by atoms with E-state index in [1.807, 2.05) is 31.2 Å². The van der Waals surface area contributed by atoms with Gasteiger partial charge < -0.3 is 5.32 Å². The first-order chi connectivity index (χ1) is 12.8. The summed E-state index contributed by atoms with van der Waals surface area (Å²) >= 11 is 5.80. The van der Waals surface area contributed by atoms with E-state index in [1.54, 1.807) is 24.3 Å². The molecular weight excluding hydrogens is 384 g/mol. The van der Waals surface area contributed by atoms with Gasteiger partial charge in [0, 0.05) is 22.0 Å².